The van der Waals surface area contributed by atoms with Gasteiger partial charge in [-0.25, -0.2) is 4.39 Å². The van der Waals surface area contributed by atoms with E-state index in [1.54, 1.807) is 0 Å². The molecule has 0 aromatic carbocycles. The van der Waals surface area contributed by atoms with Gasteiger partial charge in [0.2, 0.25) is 0 Å². The van der Waals surface area contributed by atoms with Crippen molar-refractivity contribution in [2.24, 2.45) is 0 Å². The summed E-state index contributed by atoms with van der Waals surface area (Å²) in [6.45, 7) is 0.363. The first-order valence-electron chi connectivity index (χ1n) is 3.66. The summed E-state index contributed by atoms with van der Waals surface area (Å²) in [6.07, 6.45) is -0.101. The van der Waals surface area contributed by atoms with Crippen LogP contribution in [0.15, 0.2) is 0 Å². The lowest BCUT2D eigenvalue weighted by atomic mass is 10.1. The molecule has 4 heteroatoms. The molecule has 0 amide bonds. The van der Waals surface area contributed by atoms with Crippen molar-refractivity contribution in [3.8, 4) is 0 Å². The van der Waals surface area contributed by atoms with Crippen LogP contribution in [0.25, 0.3) is 0 Å². The third-order valence-electron chi connectivity index (χ3n) is 1.81. The third-order valence-corrected chi connectivity index (χ3v) is 1.81. The molecule has 0 aliphatic carbocycles. The maximum atomic E-state index is 12.5. The molecule has 1 heterocycles. The smallest absolute Gasteiger partial charge is 0.307 e. The van der Waals surface area contributed by atoms with Crippen molar-refractivity contribution in [2.45, 2.75) is 25.1 Å². The van der Waals surface area contributed by atoms with Crippen molar-refractivity contribution in [1.29, 1.82) is 0 Å². The molecule has 2 atom stereocenters. The van der Waals surface area contributed by atoms with Crippen LogP contribution < -0.4 is 5.32 Å². The topological polar surface area (TPSA) is 38.3 Å². The normalized spacial score (nSPS) is 30.4. The first kappa shape index (κ1) is 8.46. The van der Waals surface area contributed by atoms with Crippen LogP contribution >= 0.6 is 0 Å². The molecule has 0 aromatic heterocycles. The summed E-state index contributed by atoms with van der Waals surface area (Å²) < 4.78 is 17.0. The van der Waals surface area contributed by atoms with E-state index in [1.807, 2.05) is 0 Å². The number of halogens is 1. The summed E-state index contributed by atoms with van der Waals surface area (Å²) >= 11 is 0. The Bertz CT molecular complexity index is 151. The molecule has 2 unspecified atom stereocenters. The van der Waals surface area contributed by atoms with E-state index in [0.717, 1.165) is 0 Å². The van der Waals surface area contributed by atoms with Crippen molar-refractivity contribution in [1.82, 2.24) is 5.32 Å². The molecule has 0 spiro atoms. The second-order valence-electron chi connectivity index (χ2n) is 2.72. The molecule has 0 bridgehead atoms. The lowest BCUT2D eigenvalue weighted by molar-refractivity contribution is -0.141. The maximum Gasteiger partial charge on any atom is 0.307 e. The lowest BCUT2D eigenvalue weighted by Crippen LogP contribution is -2.24. The molecule has 3 nitrogen and oxygen atoms in total. The molecule has 1 saturated heterocycles. The highest BCUT2D eigenvalue weighted by Crippen LogP contribution is 2.12. The Kier molecular flexibility index (Phi) is 2.82. The highest BCUT2D eigenvalue weighted by atomic mass is 19.1. The van der Waals surface area contributed by atoms with Crippen molar-refractivity contribution < 1.29 is 13.9 Å². The van der Waals surface area contributed by atoms with E-state index in [0.29, 0.717) is 13.0 Å². The van der Waals surface area contributed by atoms with Crippen molar-refractivity contribution >= 4 is 5.97 Å². The van der Waals surface area contributed by atoms with Gasteiger partial charge in [-0.1, -0.05) is 0 Å². The van der Waals surface area contributed by atoms with Gasteiger partial charge in [-0.3, -0.25) is 4.79 Å². The number of hydrogen-bond donors (Lipinski definition) is 1. The number of hydrogen-bond acceptors (Lipinski definition) is 3. The number of carbonyl (C=O) groups excluding carboxylic acids is 1. The molecule has 0 aromatic rings. The third kappa shape index (κ3) is 2.46. The standard InChI is InChI=1S/C7H12FNO2/c1-11-7(10)3-6-2-5(8)4-9-6/h5-6,9H,2-4H2,1H3. The Morgan fingerprint density at radius 1 is 1.82 bits per heavy atom. The molecule has 0 radical (unpaired) electrons. The molecule has 11 heavy (non-hydrogen) atoms. The van der Waals surface area contributed by atoms with Crippen LogP contribution in [0.1, 0.15) is 12.8 Å². The number of esters is 1. The van der Waals surface area contributed by atoms with E-state index in [-0.39, 0.29) is 18.4 Å². The summed E-state index contributed by atoms with van der Waals surface area (Å²) in [5.74, 6) is -0.281. The SMILES string of the molecule is COC(=O)CC1CC(F)CN1. The summed E-state index contributed by atoms with van der Waals surface area (Å²) in [6, 6.07) is -0.0301. The van der Waals surface area contributed by atoms with Gasteiger partial charge in [-0.15, -0.1) is 0 Å². The second-order valence-corrected chi connectivity index (χ2v) is 2.72. The average molecular weight is 161 g/mol. The minimum Gasteiger partial charge on any atom is -0.469 e. The molecule has 1 aliphatic heterocycles. The van der Waals surface area contributed by atoms with Gasteiger partial charge in [0.15, 0.2) is 0 Å². The number of alkyl halides is 1. The lowest BCUT2D eigenvalue weighted by Gasteiger charge is -2.06. The van der Waals surface area contributed by atoms with E-state index >= 15 is 0 Å². The molecule has 1 aliphatic rings. The summed E-state index contributed by atoms with van der Waals surface area (Å²) in [4.78, 5) is 10.7. The molecular weight excluding hydrogens is 149 g/mol. The van der Waals surface area contributed by atoms with Crippen molar-refractivity contribution in [3.63, 3.8) is 0 Å². The zero-order valence-corrected chi connectivity index (χ0v) is 6.47. The molecule has 64 valence electrons. The fraction of sp³-hybridized carbons (Fsp3) is 0.857. The van der Waals surface area contributed by atoms with Gasteiger partial charge in [0.1, 0.15) is 6.17 Å². The zero-order valence-electron chi connectivity index (χ0n) is 6.47. The summed E-state index contributed by atoms with van der Waals surface area (Å²) in [5.41, 5.74) is 0. The summed E-state index contributed by atoms with van der Waals surface area (Å²) in [5, 5.41) is 2.90. The number of nitrogens with one attached hydrogen (secondary N) is 1. The van der Waals surface area contributed by atoms with Gasteiger partial charge in [0, 0.05) is 12.6 Å². The van der Waals surface area contributed by atoms with Gasteiger partial charge in [-0.2, -0.15) is 0 Å². The number of ether oxygens (including phenoxy) is 1. The van der Waals surface area contributed by atoms with Crippen LogP contribution in [0.2, 0.25) is 0 Å². The maximum absolute atomic E-state index is 12.5. The van der Waals surface area contributed by atoms with Crippen LogP contribution in [0, 0.1) is 0 Å². The number of carbonyl (C=O) groups is 1. The fourth-order valence-corrected chi connectivity index (χ4v) is 1.21. The van der Waals surface area contributed by atoms with E-state index in [1.165, 1.54) is 7.11 Å². The fourth-order valence-electron chi connectivity index (χ4n) is 1.21. The zero-order chi connectivity index (χ0) is 8.27. The van der Waals surface area contributed by atoms with Gasteiger partial charge in [0.05, 0.1) is 13.5 Å². The van der Waals surface area contributed by atoms with Crippen LogP contribution in [-0.2, 0) is 9.53 Å². The highest BCUT2D eigenvalue weighted by molar-refractivity contribution is 5.69. The predicted molar refractivity (Wildman–Crippen MR) is 37.9 cm³/mol. The van der Waals surface area contributed by atoms with Crippen molar-refractivity contribution in [2.75, 3.05) is 13.7 Å². The Labute approximate surface area is 64.9 Å². The monoisotopic (exact) mass is 161 g/mol. The molecule has 1 N–H and O–H groups in total. The first-order valence-corrected chi connectivity index (χ1v) is 3.66. The first-order chi connectivity index (χ1) is 5.22. The minimum atomic E-state index is -0.801. The van der Waals surface area contributed by atoms with E-state index in [9.17, 15) is 9.18 Å². The van der Waals surface area contributed by atoms with E-state index in [2.05, 4.69) is 10.1 Å². The number of methoxy groups -OCH3 is 1. The minimum absolute atomic E-state index is 0.0301. The van der Waals surface area contributed by atoms with Crippen LogP contribution in [-0.4, -0.2) is 31.8 Å². The average Bonchev–Trinajstić information content (AvgIpc) is 2.35. The van der Waals surface area contributed by atoms with Crippen molar-refractivity contribution in [3.05, 3.63) is 0 Å². The Balaban J connectivity index is 2.23. The second kappa shape index (κ2) is 3.67. The van der Waals surface area contributed by atoms with Gasteiger partial charge in [0.25, 0.3) is 0 Å². The van der Waals surface area contributed by atoms with Gasteiger partial charge < -0.3 is 10.1 Å². The van der Waals surface area contributed by atoms with Crippen LogP contribution in [0.5, 0.6) is 0 Å². The highest BCUT2D eigenvalue weighted by Gasteiger charge is 2.25. The Hall–Kier alpha value is -0.640. The van der Waals surface area contributed by atoms with Gasteiger partial charge >= 0.3 is 5.97 Å². The van der Waals surface area contributed by atoms with E-state index in [4.69, 9.17) is 0 Å². The number of rotatable bonds is 2. The van der Waals surface area contributed by atoms with E-state index < -0.39 is 6.17 Å². The molecule has 0 saturated carbocycles. The predicted octanol–water partition coefficient (Wildman–Crippen LogP) is 0.250. The van der Waals surface area contributed by atoms with Gasteiger partial charge in [-0.05, 0) is 6.42 Å². The molecular formula is C7H12FNO2. The summed E-state index contributed by atoms with van der Waals surface area (Å²) in [7, 11) is 1.34. The molecule has 1 rings (SSSR count). The quantitative estimate of drug-likeness (QED) is 0.590. The van der Waals surface area contributed by atoms with Crippen LogP contribution in [0.4, 0.5) is 4.39 Å². The Morgan fingerprint density at radius 3 is 3.00 bits per heavy atom. The largest absolute Gasteiger partial charge is 0.469 e. The molecule has 1 fully saturated rings. The van der Waals surface area contributed by atoms with Crippen LogP contribution in [0.3, 0.4) is 0 Å². The Morgan fingerprint density at radius 2 is 2.55 bits per heavy atom.